The maximum atomic E-state index is 7.50. The molecule has 0 aromatic heterocycles. The number of benzene rings is 2. The van der Waals surface area contributed by atoms with Gasteiger partial charge >= 0.3 is 22.6 Å². The standard InChI is InChI=1S/C16H13N.C5H5.2CO.Mn/c1-3-8-15(9-4-1)12-7-13-17-14-16-10-5-2-6-11-16;1-2-4-5-3-1;2*1-2;/h1-6,8-12H,14H2;1-5H;;;. The van der Waals surface area contributed by atoms with Gasteiger partial charge in [-0.15, -0.1) is 0 Å². The molecule has 4 heteroatoms. The number of allylic oxidation sites excluding steroid dienone is 4. The van der Waals surface area contributed by atoms with Crippen molar-refractivity contribution < 1.29 is 26.4 Å². The SMILES string of the molecule is C(=C=NCc1ccccc1)=Cc1ccccc1.[C-]#[O+].[C-]#[O+].[CH]1C=CC=C1.[Mn]. The summed E-state index contributed by atoms with van der Waals surface area (Å²) >= 11 is 0. The summed E-state index contributed by atoms with van der Waals surface area (Å²) in [6.07, 6.45) is 11.9. The molecule has 0 unspecified atom stereocenters. The first-order valence-corrected chi connectivity index (χ1v) is 7.62. The quantitative estimate of drug-likeness (QED) is 0.232. The molecule has 0 bridgehead atoms. The Morgan fingerprint density at radius 2 is 1.30 bits per heavy atom. The van der Waals surface area contributed by atoms with Gasteiger partial charge in [0, 0.05) is 29.4 Å². The van der Waals surface area contributed by atoms with Crippen molar-refractivity contribution in [1.82, 2.24) is 0 Å². The third kappa shape index (κ3) is 15.1. The maximum Gasteiger partial charge on any atom is 0.00506 e. The summed E-state index contributed by atoms with van der Waals surface area (Å²) in [7, 11) is 0. The van der Waals surface area contributed by atoms with Gasteiger partial charge in [0.2, 0.25) is 0 Å². The molecule has 3 rings (SSSR count). The van der Waals surface area contributed by atoms with Crippen LogP contribution in [-0.4, -0.2) is 5.87 Å². The number of hydrogen-bond donors (Lipinski definition) is 0. The smallest absolute Gasteiger partial charge is 0.00506 e. The van der Waals surface area contributed by atoms with Crippen LogP contribution in [0.5, 0.6) is 0 Å². The first-order valence-electron chi connectivity index (χ1n) is 7.62. The van der Waals surface area contributed by atoms with Crippen molar-refractivity contribution >= 4 is 11.9 Å². The van der Waals surface area contributed by atoms with Crippen LogP contribution in [-0.2, 0) is 32.9 Å². The molecule has 0 spiro atoms. The Labute approximate surface area is 171 Å². The predicted octanol–water partition coefficient (Wildman–Crippen LogP) is 4.96. The van der Waals surface area contributed by atoms with Crippen LogP contribution in [0.4, 0.5) is 0 Å². The Kier molecular flexibility index (Phi) is 20.7. The van der Waals surface area contributed by atoms with E-state index in [0.29, 0.717) is 6.54 Å². The van der Waals surface area contributed by atoms with Gasteiger partial charge in [0.1, 0.15) is 0 Å². The summed E-state index contributed by atoms with van der Waals surface area (Å²) in [5, 5.41) is 0. The molecule has 0 saturated heterocycles. The minimum atomic E-state index is 0. The fraction of sp³-hybridized carbons (Fsp3) is 0.0435. The summed E-state index contributed by atoms with van der Waals surface area (Å²) in [5.41, 5.74) is 5.22. The molecule has 0 heterocycles. The average Bonchev–Trinajstić information content (AvgIpc) is 3.33. The van der Waals surface area contributed by atoms with Crippen molar-refractivity contribution in [3.8, 4) is 0 Å². The normalized spacial score (nSPS) is 9.04. The van der Waals surface area contributed by atoms with Crippen LogP contribution in [0.25, 0.3) is 6.08 Å². The Morgan fingerprint density at radius 1 is 0.778 bits per heavy atom. The number of nitrogens with zero attached hydrogens (tertiary/aromatic N) is 1. The third-order valence-corrected chi connectivity index (χ3v) is 2.84. The molecule has 2 aromatic carbocycles. The second-order valence-electron chi connectivity index (χ2n) is 4.58. The van der Waals surface area contributed by atoms with Gasteiger partial charge < -0.3 is 0 Å². The topological polar surface area (TPSA) is 52.2 Å². The second kappa shape index (κ2) is 21.2. The first kappa shape index (κ1) is 26.4. The van der Waals surface area contributed by atoms with E-state index >= 15 is 0 Å². The van der Waals surface area contributed by atoms with Crippen LogP contribution in [0.15, 0.2) is 95.7 Å². The summed E-state index contributed by atoms with van der Waals surface area (Å²) in [5.74, 6) is 2.80. The van der Waals surface area contributed by atoms with Gasteiger partial charge in [-0.1, -0.05) is 85.0 Å². The minimum Gasteiger partial charge on any atom is -0.0767 e. The van der Waals surface area contributed by atoms with Crippen molar-refractivity contribution in [2.75, 3.05) is 0 Å². The van der Waals surface area contributed by atoms with E-state index in [4.69, 9.17) is 9.30 Å². The molecule has 2 aromatic rings. The van der Waals surface area contributed by atoms with E-state index in [1.807, 2.05) is 97.5 Å². The number of aliphatic imine (C=N–C) groups is 1. The zero-order chi connectivity index (χ0) is 19.3. The van der Waals surface area contributed by atoms with Crippen molar-refractivity contribution in [3.63, 3.8) is 0 Å². The first-order chi connectivity index (χ1) is 12.9. The number of rotatable bonds is 3. The van der Waals surface area contributed by atoms with Gasteiger partial charge in [0.25, 0.3) is 0 Å². The molecule has 0 N–H and O–H groups in total. The van der Waals surface area contributed by atoms with Gasteiger partial charge in [-0.05, 0) is 22.9 Å². The van der Waals surface area contributed by atoms with Crippen LogP contribution in [0.2, 0.25) is 0 Å². The molecular formula is C23H18MnNO2. The van der Waals surface area contributed by atoms with Crippen LogP contribution in [0.1, 0.15) is 11.1 Å². The fourth-order valence-corrected chi connectivity index (χ4v) is 1.75. The van der Waals surface area contributed by atoms with E-state index in [1.54, 1.807) is 0 Å². The molecule has 1 aliphatic rings. The van der Waals surface area contributed by atoms with E-state index in [0.717, 1.165) is 5.56 Å². The Morgan fingerprint density at radius 3 is 1.78 bits per heavy atom. The van der Waals surface area contributed by atoms with Gasteiger partial charge in [-0.25, -0.2) is 4.99 Å². The Balaban J connectivity index is 0. The molecule has 27 heavy (non-hydrogen) atoms. The van der Waals surface area contributed by atoms with Gasteiger partial charge in [-0.3, -0.25) is 0 Å². The molecule has 0 saturated carbocycles. The zero-order valence-electron chi connectivity index (χ0n) is 14.6. The molecule has 0 amide bonds. The van der Waals surface area contributed by atoms with Gasteiger partial charge in [0.05, 0.1) is 6.54 Å². The molecule has 134 valence electrons. The summed E-state index contributed by atoms with van der Waals surface area (Å²) < 4.78 is 15.0. The predicted molar refractivity (Wildman–Crippen MR) is 102 cm³/mol. The van der Waals surface area contributed by atoms with E-state index in [2.05, 4.69) is 29.9 Å². The summed E-state index contributed by atoms with van der Waals surface area (Å²) in [6, 6.07) is 20.1. The fourth-order valence-electron chi connectivity index (χ4n) is 1.75. The van der Waals surface area contributed by atoms with Crippen molar-refractivity contribution in [3.05, 3.63) is 122 Å². The monoisotopic (exact) mass is 395 g/mol. The molecule has 1 aliphatic carbocycles. The summed E-state index contributed by atoms with van der Waals surface area (Å²) in [6.45, 7) is 9.65. The zero-order valence-corrected chi connectivity index (χ0v) is 15.8. The Bertz CT molecular complexity index is 777. The van der Waals surface area contributed by atoms with Crippen LogP contribution in [0.3, 0.4) is 0 Å². The number of hydrogen-bond acceptors (Lipinski definition) is 1. The average molecular weight is 395 g/mol. The second-order valence-corrected chi connectivity index (χ2v) is 4.58. The maximum absolute atomic E-state index is 7.50. The molecular weight excluding hydrogens is 377 g/mol. The Hall–Kier alpha value is -2.85. The largest absolute Gasteiger partial charge is 0.0767 e. The van der Waals surface area contributed by atoms with Gasteiger partial charge in [0.15, 0.2) is 0 Å². The van der Waals surface area contributed by atoms with E-state index in [-0.39, 0.29) is 17.1 Å². The minimum absolute atomic E-state index is 0. The molecule has 0 atom stereocenters. The van der Waals surface area contributed by atoms with Crippen LogP contribution >= 0.6 is 0 Å². The molecule has 2 radical (unpaired) electrons. The van der Waals surface area contributed by atoms with Crippen molar-refractivity contribution in [2.45, 2.75) is 6.54 Å². The van der Waals surface area contributed by atoms with Gasteiger partial charge in [-0.2, -0.15) is 0 Å². The molecule has 0 fully saturated rings. The van der Waals surface area contributed by atoms with Crippen molar-refractivity contribution in [1.29, 1.82) is 0 Å². The van der Waals surface area contributed by atoms with Crippen LogP contribution < -0.4 is 0 Å². The molecule has 3 nitrogen and oxygen atoms in total. The van der Waals surface area contributed by atoms with Crippen molar-refractivity contribution in [2.24, 2.45) is 4.99 Å². The van der Waals surface area contributed by atoms with E-state index < -0.39 is 0 Å². The molecule has 0 aliphatic heterocycles. The third-order valence-electron chi connectivity index (χ3n) is 2.84. The van der Waals surface area contributed by atoms with E-state index in [9.17, 15) is 0 Å². The van der Waals surface area contributed by atoms with Crippen LogP contribution in [0, 0.1) is 19.7 Å². The summed E-state index contributed by atoms with van der Waals surface area (Å²) in [4.78, 5) is 4.16. The van der Waals surface area contributed by atoms with E-state index in [1.165, 1.54) is 5.56 Å².